The number of carbonyl (C=O) groups is 1. The van der Waals surface area contributed by atoms with Crippen molar-refractivity contribution < 1.29 is 9.53 Å². The highest BCUT2D eigenvalue weighted by atomic mass is 16.5. The molecule has 1 aliphatic heterocycles. The van der Waals surface area contributed by atoms with Crippen LogP contribution in [0.25, 0.3) is 0 Å². The molecule has 0 unspecified atom stereocenters. The minimum Gasteiger partial charge on any atom is -0.490 e. The quantitative estimate of drug-likeness (QED) is 0.429. The van der Waals surface area contributed by atoms with E-state index in [9.17, 15) is 4.79 Å². The van der Waals surface area contributed by atoms with Crippen LogP contribution in [0, 0.1) is 5.41 Å². The SMILES string of the molecule is N=C(N)NC(=O)Cc1ccc2c(c1)NCCO2. The van der Waals surface area contributed by atoms with Crippen LogP contribution in [0.2, 0.25) is 0 Å². The Kier molecular flexibility index (Phi) is 3.13. The number of rotatable bonds is 2. The number of carbonyl (C=O) groups excluding carboxylic acids is 1. The molecule has 0 aliphatic carbocycles. The second kappa shape index (κ2) is 4.73. The monoisotopic (exact) mass is 234 g/mol. The molecule has 5 N–H and O–H groups in total. The lowest BCUT2D eigenvalue weighted by atomic mass is 10.1. The van der Waals surface area contributed by atoms with E-state index in [1.54, 1.807) is 0 Å². The molecule has 17 heavy (non-hydrogen) atoms. The lowest BCUT2D eigenvalue weighted by Gasteiger charge is -2.19. The van der Waals surface area contributed by atoms with E-state index in [0.717, 1.165) is 23.5 Å². The molecule has 0 fully saturated rings. The molecular formula is C11H14N4O2. The Morgan fingerprint density at radius 1 is 1.59 bits per heavy atom. The standard InChI is InChI=1S/C11H14N4O2/c12-11(13)15-10(16)6-7-1-2-9-8(5-7)14-3-4-17-9/h1-2,5,14H,3-4,6H2,(H4,12,13,15,16). The summed E-state index contributed by atoms with van der Waals surface area (Å²) < 4.78 is 5.43. The van der Waals surface area contributed by atoms with E-state index in [-0.39, 0.29) is 18.3 Å². The van der Waals surface area contributed by atoms with E-state index < -0.39 is 0 Å². The fraction of sp³-hybridized carbons (Fsp3) is 0.273. The van der Waals surface area contributed by atoms with Gasteiger partial charge in [0.15, 0.2) is 5.96 Å². The molecule has 1 aromatic carbocycles. The van der Waals surface area contributed by atoms with Crippen molar-refractivity contribution in [2.75, 3.05) is 18.5 Å². The van der Waals surface area contributed by atoms with Gasteiger partial charge in [0, 0.05) is 6.54 Å². The molecule has 0 saturated carbocycles. The molecule has 2 rings (SSSR count). The van der Waals surface area contributed by atoms with Crippen LogP contribution >= 0.6 is 0 Å². The predicted molar refractivity (Wildman–Crippen MR) is 64.2 cm³/mol. The van der Waals surface area contributed by atoms with Crippen LogP contribution in [0.3, 0.4) is 0 Å². The largest absolute Gasteiger partial charge is 0.490 e. The summed E-state index contributed by atoms with van der Waals surface area (Å²) in [6.07, 6.45) is 0.189. The molecule has 1 aromatic rings. The summed E-state index contributed by atoms with van der Waals surface area (Å²) in [6, 6.07) is 5.53. The topological polar surface area (TPSA) is 100 Å². The number of amides is 1. The predicted octanol–water partition coefficient (Wildman–Crippen LogP) is 0.0431. The highest BCUT2D eigenvalue weighted by Gasteiger charge is 2.11. The molecule has 0 saturated heterocycles. The number of ether oxygens (including phenoxy) is 1. The zero-order chi connectivity index (χ0) is 12.3. The van der Waals surface area contributed by atoms with E-state index in [2.05, 4.69) is 10.6 Å². The Labute approximate surface area is 98.7 Å². The van der Waals surface area contributed by atoms with Crippen molar-refractivity contribution in [3.8, 4) is 5.75 Å². The summed E-state index contributed by atoms with van der Waals surface area (Å²) in [5, 5.41) is 12.4. The van der Waals surface area contributed by atoms with Crippen molar-refractivity contribution in [3.63, 3.8) is 0 Å². The Morgan fingerprint density at radius 3 is 3.18 bits per heavy atom. The van der Waals surface area contributed by atoms with Gasteiger partial charge in [-0.2, -0.15) is 0 Å². The number of hydrogen-bond acceptors (Lipinski definition) is 4. The van der Waals surface area contributed by atoms with E-state index >= 15 is 0 Å². The van der Waals surface area contributed by atoms with Gasteiger partial charge in [-0.15, -0.1) is 0 Å². The third-order valence-electron chi connectivity index (χ3n) is 2.36. The van der Waals surface area contributed by atoms with Crippen molar-refractivity contribution in [2.45, 2.75) is 6.42 Å². The highest BCUT2D eigenvalue weighted by molar-refractivity contribution is 5.95. The van der Waals surface area contributed by atoms with Crippen molar-refractivity contribution in [1.82, 2.24) is 5.32 Å². The summed E-state index contributed by atoms with van der Waals surface area (Å²) >= 11 is 0. The number of hydrogen-bond donors (Lipinski definition) is 4. The maximum Gasteiger partial charge on any atom is 0.231 e. The maximum atomic E-state index is 11.4. The average molecular weight is 234 g/mol. The fourth-order valence-corrected chi connectivity index (χ4v) is 1.68. The summed E-state index contributed by atoms with van der Waals surface area (Å²) in [5.74, 6) is 0.163. The van der Waals surface area contributed by atoms with Crippen LogP contribution in [-0.4, -0.2) is 25.0 Å². The number of anilines is 1. The third-order valence-corrected chi connectivity index (χ3v) is 2.36. The van der Waals surface area contributed by atoms with Crippen LogP contribution in [-0.2, 0) is 11.2 Å². The Morgan fingerprint density at radius 2 is 2.41 bits per heavy atom. The van der Waals surface area contributed by atoms with Gasteiger partial charge >= 0.3 is 0 Å². The summed E-state index contributed by atoms with van der Waals surface area (Å²) in [6.45, 7) is 1.41. The van der Waals surface area contributed by atoms with Gasteiger partial charge in [0.2, 0.25) is 5.91 Å². The van der Waals surface area contributed by atoms with Gasteiger partial charge < -0.3 is 15.8 Å². The van der Waals surface area contributed by atoms with Gasteiger partial charge in [-0.3, -0.25) is 15.5 Å². The minimum atomic E-state index is -0.339. The number of nitrogens with two attached hydrogens (primary N) is 1. The van der Waals surface area contributed by atoms with E-state index in [1.165, 1.54) is 0 Å². The Balaban J connectivity index is 2.07. The van der Waals surface area contributed by atoms with E-state index in [4.69, 9.17) is 15.9 Å². The highest BCUT2D eigenvalue weighted by Crippen LogP contribution is 2.28. The van der Waals surface area contributed by atoms with Crippen LogP contribution in [0.5, 0.6) is 5.75 Å². The first-order valence-electron chi connectivity index (χ1n) is 5.28. The average Bonchev–Trinajstić information content (AvgIpc) is 2.27. The second-order valence-electron chi connectivity index (χ2n) is 3.74. The molecule has 90 valence electrons. The van der Waals surface area contributed by atoms with Crippen molar-refractivity contribution in [3.05, 3.63) is 23.8 Å². The lowest BCUT2D eigenvalue weighted by molar-refractivity contribution is -0.119. The van der Waals surface area contributed by atoms with Crippen LogP contribution in [0.15, 0.2) is 18.2 Å². The first kappa shape index (κ1) is 11.3. The normalized spacial score (nSPS) is 12.9. The lowest BCUT2D eigenvalue weighted by Crippen LogP contribution is -2.36. The molecule has 0 spiro atoms. The van der Waals surface area contributed by atoms with Gasteiger partial charge in [-0.05, 0) is 17.7 Å². The van der Waals surface area contributed by atoms with Crippen LogP contribution in [0.4, 0.5) is 5.69 Å². The van der Waals surface area contributed by atoms with E-state index in [1.807, 2.05) is 18.2 Å². The molecule has 0 radical (unpaired) electrons. The molecule has 1 amide bonds. The first-order chi connectivity index (χ1) is 8.15. The molecule has 1 aliphatic rings. The first-order valence-corrected chi connectivity index (χ1v) is 5.28. The van der Waals surface area contributed by atoms with Gasteiger partial charge in [0.05, 0.1) is 12.1 Å². The smallest absolute Gasteiger partial charge is 0.231 e. The van der Waals surface area contributed by atoms with Crippen molar-refractivity contribution in [1.29, 1.82) is 5.41 Å². The van der Waals surface area contributed by atoms with Gasteiger partial charge in [-0.1, -0.05) is 6.07 Å². The molecule has 1 heterocycles. The number of nitrogens with one attached hydrogen (secondary N) is 3. The maximum absolute atomic E-state index is 11.4. The number of guanidine groups is 1. The summed E-state index contributed by atoms with van der Waals surface area (Å²) in [4.78, 5) is 11.4. The van der Waals surface area contributed by atoms with Crippen LogP contribution < -0.4 is 21.1 Å². The zero-order valence-corrected chi connectivity index (χ0v) is 9.25. The fourth-order valence-electron chi connectivity index (χ4n) is 1.68. The summed E-state index contributed by atoms with van der Waals surface area (Å²) in [5.41, 5.74) is 6.82. The Bertz CT molecular complexity index is 459. The molecule has 0 aromatic heterocycles. The molecule has 6 heteroatoms. The third kappa shape index (κ3) is 2.87. The molecule has 6 nitrogen and oxygen atoms in total. The van der Waals surface area contributed by atoms with Gasteiger partial charge in [-0.25, -0.2) is 0 Å². The molecular weight excluding hydrogens is 220 g/mol. The number of benzene rings is 1. The molecule has 0 atom stereocenters. The van der Waals surface area contributed by atoms with Crippen LogP contribution in [0.1, 0.15) is 5.56 Å². The van der Waals surface area contributed by atoms with E-state index in [0.29, 0.717) is 6.61 Å². The van der Waals surface area contributed by atoms with Crippen molar-refractivity contribution in [2.24, 2.45) is 5.73 Å². The minimum absolute atomic E-state index is 0.189. The second-order valence-corrected chi connectivity index (χ2v) is 3.74. The number of fused-ring (bicyclic) bond motifs is 1. The van der Waals surface area contributed by atoms with Gasteiger partial charge in [0.1, 0.15) is 12.4 Å². The zero-order valence-electron chi connectivity index (χ0n) is 9.25. The summed E-state index contributed by atoms with van der Waals surface area (Å²) in [7, 11) is 0. The molecule has 0 bridgehead atoms. The Hall–Kier alpha value is -2.24. The van der Waals surface area contributed by atoms with Gasteiger partial charge in [0.25, 0.3) is 0 Å². The van der Waals surface area contributed by atoms with Crippen molar-refractivity contribution >= 4 is 17.6 Å².